The predicted molar refractivity (Wildman–Crippen MR) is 72.3 cm³/mol. The van der Waals surface area contributed by atoms with Crippen LogP contribution in [0.2, 0.25) is 0 Å². The summed E-state index contributed by atoms with van der Waals surface area (Å²) in [5, 5.41) is 2.43. The summed E-state index contributed by atoms with van der Waals surface area (Å²) in [5.74, 6) is -0.809. The highest BCUT2D eigenvalue weighted by molar-refractivity contribution is 5.97. The fourth-order valence-corrected chi connectivity index (χ4v) is 1.67. The van der Waals surface area contributed by atoms with Crippen LogP contribution in [0.15, 0.2) is 18.2 Å². The summed E-state index contributed by atoms with van der Waals surface area (Å²) in [5.41, 5.74) is -2.01. The van der Waals surface area contributed by atoms with Crippen LogP contribution in [0, 0.1) is 0 Å². The Morgan fingerprint density at radius 1 is 1.29 bits per heavy atom. The van der Waals surface area contributed by atoms with Crippen molar-refractivity contribution in [2.45, 2.75) is 32.0 Å². The Morgan fingerprint density at radius 2 is 1.90 bits per heavy atom. The molecule has 0 saturated heterocycles. The number of anilines is 1. The zero-order valence-electron chi connectivity index (χ0n) is 12.3. The number of rotatable bonds is 5. The Labute approximate surface area is 121 Å². The molecule has 0 spiro atoms. The second-order valence-corrected chi connectivity index (χ2v) is 4.66. The molecule has 1 atom stereocenters. The quantitative estimate of drug-likeness (QED) is 0.906. The Hall–Kier alpha value is -1.76. The van der Waals surface area contributed by atoms with Crippen molar-refractivity contribution in [1.29, 1.82) is 0 Å². The van der Waals surface area contributed by atoms with Crippen LogP contribution in [0.25, 0.3) is 0 Å². The number of carbonyl (C=O) groups excluding carboxylic acids is 1. The molecule has 7 heteroatoms. The summed E-state index contributed by atoms with van der Waals surface area (Å²) in [6.07, 6.45) is -4.18. The van der Waals surface area contributed by atoms with E-state index in [1.165, 1.54) is 13.2 Å². The first-order chi connectivity index (χ1) is 9.67. The number of halogens is 3. The van der Waals surface area contributed by atoms with Crippen LogP contribution in [0.1, 0.15) is 25.8 Å². The summed E-state index contributed by atoms with van der Waals surface area (Å²) in [7, 11) is 2.53. The molecule has 1 amide bonds. The van der Waals surface area contributed by atoms with E-state index in [2.05, 4.69) is 10.1 Å². The molecule has 1 N–H and O–H groups in total. The molecule has 118 valence electrons. The van der Waals surface area contributed by atoms with Gasteiger partial charge in [0.15, 0.2) is 0 Å². The zero-order chi connectivity index (χ0) is 16.3. The van der Waals surface area contributed by atoms with Crippen LogP contribution in [0.3, 0.4) is 0 Å². The van der Waals surface area contributed by atoms with Crippen molar-refractivity contribution in [3.05, 3.63) is 23.8 Å². The highest BCUT2D eigenvalue weighted by Crippen LogP contribution is 2.37. The minimum absolute atomic E-state index is 0.0323. The first-order valence-corrected chi connectivity index (χ1v) is 6.29. The Kier molecular flexibility index (Phi) is 5.22. The average molecular weight is 305 g/mol. The van der Waals surface area contributed by atoms with E-state index in [0.29, 0.717) is 6.42 Å². The number of ether oxygens (including phenoxy) is 2. The number of hydrogen-bond donors (Lipinski definition) is 1. The minimum atomic E-state index is -4.57. The molecule has 0 saturated carbocycles. The van der Waals surface area contributed by atoms with Gasteiger partial charge in [0.25, 0.3) is 5.91 Å². The van der Waals surface area contributed by atoms with Crippen molar-refractivity contribution >= 4 is 11.6 Å². The third kappa shape index (κ3) is 3.87. The lowest BCUT2D eigenvalue weighted by Gasteiger charge is -2.25. The van der Waals surface area contributed by atoms with Crippen LogP contribution in [0.4, 0.5) is 18.9 Å². The maximum Gasteiger partial charge on any atom is 0.420 e. The number of benzene rings is 1. The van der Waals surface area contributed by atoms with Crippen molar-refractivity contribution < 1.29 is 27.4 Å². The summed E-state index contributed by atoms with van der Waals surface area (Å²) >= 11 is 0. The van der Waals surface area contributed by atoms with Gasteiger partial charge in [0.2, 0.25) is 0 Å². The van der Waals surface area contributed by atoms with Gasteiger partial charge in [-0.15, -0.1) is 0 Å². The topological polar surface area (TPSA) is 47.6 Å². The van der Waals surface area contributed by atoms with E-state index < -0.39 is 23.2 Å². The fraction of sp³-hybridized carbons (Fsp3) is 0.500. The van der Waals surface area contributed by atoms with E-state index in [0.717, 1.165) is 19.2 Å². The van der Waals surface area contributed by atoms with Gasteiger partial charge in [0.1, 0.15) is 11.4 Å². The van der Waals surface area contributed by atoms with Gasteiger partial charge in [0.05, 0.1) is 12.7 Å². The Bertz CT molecular complexity index is 511. The smallest absolute Gasteiger partial charge is 0.420 e. The molecular weight excluding hydrogens is 287 g/mol. The van der Waals surface area contributed by atoms with E-state index in [-0.39, 0.29) is 11.4 Å². The predicted octanol–water partition coefficient (Wildman–Crippen LogP) is 3.47. The minimum Gasteiger partial charge on any atom is -0.496 e. The molecule has 0 bridgehead atoms. The Morgan fingerprint density at radius 3 is 2.33 bits per heavy atom. The number of methoxy groups -OCH3 is 2. The van der Waals surface area contributed by atoms with Gasteiger partial charge in [-0.1, -0.05) is 6.92 Å². The maximum atomic E-state index is 12.9. The van der Waals surface area contributed by atoms with Gasteiger partial charge >= 0.3 is 6.18 Å². The number of alkyl halides is 3. The molecule has 0 radical (unpaired) electrons. The van der Waals surface area contributed by atoms with Crippen LogP contribution in [-0.4, -0.2) is 25.7 Å². The van der Waals surface area contributed by atoms with Gasteiger partial charge in [0, 0.05) is 12.8 Å². The molecule has 1 aromatic rings. The maximum absolute atomic E-state index is 12.9. The monoisotopic (exact) mass is 305 g/mol. The standard InChI is InChI=1S/C14H18F3NO3/c1-5-13(2,21-4)12(19)18-9-6-7-11(20-3)10(8-9)14(15,16)17/h6-8H,5H2,1-4H3,(H,18,19). The van der Waals surface area contributed by atoms with Crippen LogP contribution in [0.5, 0.6) is 5.75 Å². The molecule has 0 aliphatic rings. The molecule has 4 nitrogen and oxygen atoms in total. The van der Waals surface area contributed by atoms with Crippen LogP contribution in [-0.2, 0) is 15.7 Å². The van der Waals surface area contributed by atoms with Crippen molar-refractivity contribution in [2.75, 3.05) is 19.5 Å². The average Bonchev–Trinajstić information content (AvgIpc) is 2.45. The number of amides is 1. The van der Waals surface area contributed by atoms with Crippen molar-refractivity contribution in [3.8, 4) is 5.75 Å². The lowest BCUT2D eigenvalue weighted by atomic mass is 10.0. The highest BCUT2D eigenvalue weighted by atomic mass is 19.4. The zero-order valence-corrected chi connectivity index (χ0v) is 12.3. The van der Waals surface area contributed by atoms with E-state index in [1.807, 2.05) is 0 Å². The summed E-state index contributed by atoms with van der Waals surface area (Å²) in [4.78, 5) is 12.1. The van der Waals surface area contributed by atoms with E-state index in [1.54, 1.807) is 13.8 Å². The second-order valence-electron chi connectivity index (χ2n) is 4.66. The Balaban J connectivity index is 3.09. The fourth-order valence-electron chi connectivity index (χ4n) is 1.67. The molecule has 0 aromatic heterocycles. The van der Waals surface area contributed by atoms with E-state index >= 15 is 0 Å². The van der Waals surface area contributed by atoms with Crippen LogP contribution < -0.4 is 10.1 Å². The molecule has 1 unspecified atom stereocenters. The van der Waals surface area contributed by atoms with E-state index in [4.69, 9.17) is 4.74 Å². The molecule has 1 aromatic carbocycles. The summed E-state index contributed by atoms with van der Waals surface area (Å²) in [6, 6.07) is 3.34. The molecule has 21 heavy (non-hydrogen) atoms. The number of nitrogens with one attached hydrogen (secondary N) is 1. The first kappa shape index (κ1) is 17.3. The SMILES string of the molecule is CCC(C)(OC)C(=O)Nc1ccc(OC)c(C(F)(F)F)c1. The van der Waals surface area contributed by atoms with Gasteiger partial charge in [-0.25, -0.2) is 0 Å². The van der Waals surface area contributed by atoms with Crippen molar-refractivity contribution in [2.24, 2.45) is 0 Å². The summed E-state index contributed by atoms with van der Waals surface area (Å²) in [6.45, 7) is 3.31. The largest absolute Gasteiger partial charge is 0.496 e. The second kappa shape index (κ2) is 6.34. The first-order valence-electron chi connectivity index (χ1n) is 6.29. The lowest BCUT2D eigenvalue weighted by molar-refractivity contribution is -0.139. The molecule has 0 fully saturated rings. The number of carbonyl (C=O) groups is 1. The highest BCUT2D eigenvalue weighted by Gasteiger charge is 2.35. The third-order valence-corrected chi connectivity index (χ3v) is 3.37. The molecule has 1 rings (SSSR count). The van der Waals surface area contributed by atoms with Gasteiger partial charge in [-0.05, 0) is 31.5 Å². The van der Waals surface area contributed by atoms with Gasteiger partial charge in [-0.3, -0.25) is 4.79 Å². The van der Waals surface area contributed by atoms with Crippen LogP contribution >= 0.6 is 0 Å². The number of hydrogen-bond acceptors (Lipinski definition) is 3. The summed E-state index contributed by atoms with van der Waals surface area (Å²) < 4.78 is 48.5. The normalized spacial score (nSPS) is 14.4. The van der Waals surface area contributed by atoms with Gasteiger partial charge < -0.3 is 14.8 Å². The molecule has 0 aliphatic heterocycles. The molecule has 0 aliphatic carbocycles. The van der Waals surface area contributed by atoms with E-state index in [9.17, 15) is 18.0 Å². The third-order valence-electron chi connectivity index (χ3n) is 3.37. The molecule has 0 heterocycles. The van der Waals surface area contributed by atoms with Crippen molar-refractivity contribution in [1.82, 2.24) is 0 Å². The van der Waals surface area contributed by atoms with Gasteiger partial charge in [-0.2, -0.15) is 13.2 Å². The molecular formula is C14H18F3NO3. The van der Waals surface area contributed by atoms with Crippen molar-refractivity contribution in [3.63, 3.8) is 0 Å². The lowest BCUT2D eigenvalue weighted by Crippen LogP contribution is -2.41.